The van der Waals surface area contributed by atoms with Gasteiger partial charge in [0.2, 0.25) is 0 Å². The third-order valence-electron chi connectivity index (χ3n) is 2.41. The van der Waals surface area contributed by atoms with Gasteiger partial charge in [-0.3, -0.25) is 0 Å². The van der Waals surface area contributed by atoms with E-state index in [4.69, 9.17) is 10.5 Å². The van der Waals surface area contributed by atoms with Gasteiger partial charge >= 0.3 is 6.09 Å². The fourth-order valence-corrected chi connectivity index (χ4v) is 1.50. The zero-order valence-corrected chi connectivity index (χ0v) is 8.87. The molecule has 2 N–H and O–H groups in total. The lowest BCUT2D eigenvalue weighted by molar-refractivity contribution is 0.0931. The predicted molar refractivity (Wildman–Crippen MR) is 55.0 cm³/mol. The predicted octanol–water partition coefficient (Wildman–Crippen LogP) is 1.35. The highest BCUT2D eigenvalue weighted by molar-refractivity contribution is 5.67. The van der Waals surface area contributed by atoms with Crippen molar-refractivity contribution < 1.29 is 9.53 Å². The molecule has 14 heavy (non-hydrogen) atoms. The van der Waals surface area contributed by atoms with Gasteiger partial charge in [0.25, 0.3) is 0 Å². The van der Waals surface area contributed by atoms with Crippen molar-refractivity contribution in [2.24, 2.45) is 5.73 Å². The first kappa shape index (κ1) is 11.3. The number of nitrogens with zero attached hydrogens (tertiary/aromatic N) is 1. The molecule has 1 heterocycles. The summed E-state index contributed by atoms with van der Waals surface area (Å²) in [5.41, 5.74) is 5.55. The number of amides is 1. The molecule has 0 aromatic carbocycles. The molecule has 1 rings (SSSR count). The van der Waals surface area contributed by atoms with Crippen LogP contribution in [0.15, 0.2) is 0 Å². The monoisotopic (exact) mass is 200 g/mol. The number of carbonyl (C=O) groups is 1. The van der Waals surface area contributed by atoms with Gasteiger partial charge in [-0.25, -0.2) is 4.79 Å². The van der Waals surface area contributed by atoms with Gasteiger partial charge in [0.1, 0.15) is 0 Å². The SMILES string of the molecule is CC(N)CCOC(=O)N1CCCCC1. The van der Waals surface area contributed by atoms with E-state index in [1.807, 2.05) is 6.92 Å². The van der Waals surface area contributed by atoms with E-state index < -0.39 is 0 Å². The Kier molecular flexibility index (Phi) is 4.73. The van der Waals surface area contributed by atoms with Gasteiger partial charge in [-0.15, -0.1) is 0 Å². The minimum atomic E-state index is -0.176. The van der Waals surface area contributed by atoms with Crippen LogP contribution in [0.3, 0.4) is 0 Å². The van der Waals surface area contributed by atoms with Gasteiger partial charge in [0.05, 0.1) is 6.61 Å². The number of nitrogens with two attached hydrogens (primary N) is 1. The summed E-state index contributed by atoms with van der Waals surface area (Å²) in [6.07, 6.45) is 3.99. The Balaban J connectivity index is 2.13. The van der Waals surface area contributed by atoms with Gasteiger partial charge in [0.15, 0.2) is 0 Å². The first-order chi connectivity index (χ1) is 6.70. The van der Waals surface area contributed by atoms with Crippen molar-refractivity contribution in [2.75, 3.05) is 19.7 Å². The Morgan fingerprint density at radius 2 is 2.07 bits per heavy atom. The smallest absolute Gasteiger partial charge is 0.409 e. The van der Waals surface area contributed by atoms with Crippen LogP contribution in [0.5, 0.6) is 0 Å². The molecule has 1 unspecified atom stereocenters. The van der Waals surface area contributed by atoms with E-state index in [1.165, 1.54) is 6.42 Å². The van der Waals surface area contributed by atoms with Crippen LogP contribution in [0.4, 0.5) is 4.79 Å². The van der Waals surface area contributed by atoms with Crippen molar-refractivity contribution in [2.45, 2.75) is 38.6 Å². The van der Waals surface area contributed by atoms with E-state index in [0.29, 0.717) is 6.61 Å². The molecule has 1 atom stereocenters. The van der Waals surface area contributed by atoms with E-state index in [1.54, 1.807) is 4.90 Å². The topological polar surface area (TPSA) is 55.6 Å². The van der Waals surface area contributed by atoms with E-state index in [9.17, 15) is 4.79 Å². The number of rotatable bonds is 3. The zero-order valence-electron chi connectivity index (χ0n) is 8.87. The van der Waals surface area contributed by atoms with Gasteiger partial charge < -0.3 is 15.4 Å². The van der Waals surface area contributed by atoms with Crippen molar-refractivity contribution in [3.05, 3.63) is 0 Å². The van der Waals surface area contributed by atoms with Crippen molar-refractivity contribution >= 4 is 6.09 Å². The maximum absolute atomic E-state index is 11.4. The highest BCUT2D eigenvalue weighted by Crippen LogP contribution is 2.09. The van der Waals surface area contributed by atoms with Crippen LogP contribution >= 0.6 is 0 Å². The summed E-state index contributed by atoms with van der Waals surface area (Å²) in [6, 6.07) is 0.101. The molecule has 0 aromatic rings. The van der Waals surface area contributed by atoms with Crippen LogP contribution in [0.25, 0.3) is 0 Å². The van der Waals surface area contributed by atoms with E-state index in [-0.39, 0.29) is 12.1 Å². The summed E-state index contributed by atoms with van der Waals surface area (Å²) < 4.78 is 5.10. The molecule has 1 fully saturated rings. The van der Waals surface area contributed by atoms with Crippen LogP contribution in [0, 0.1) is 0 Å². The summed E-state index contributed by atoms with van der Waals surface area (Å²) in [5.74, 6) is 0. The number of likely N-dealkylation sites (tertiary alicyclic amines) is 1. The first-order valence-corrected chi connectivity index (χ1v) is 5.37. The lowest BCUT2D eigenvalue weighted by atomic mass is 10.1. The lowest BCUT2D eigenvalue weighted by Gasteiger charge is -2.25. The summed E-state index contributed by atoms with van der Waals surface area (Å²) in [6.45, 7) is 4.04. The highest BCUT2D eigenvalue weighted by Gasteiger charge is 2.17. The molecule has 82 valence electrons. The van der Waals surface area contributed by atoms with Gasteiger partial charge in [0, 0.05) is 19.1 Å². The molecule has 1 aliphatic heterocycles. The Labute approximate surface area is 85.4 Å². The third kappa shape index (κ3) is 3.96. The zero-order chi connectivity index (χ0) is 10.4. The van der Waals surface area contributed by atoms with Crippen LogP contribution in [-0.4, -0.2) is 36.7 Å². The van der Waals surface area contributed by atoms with E-state index in [0.717, 1.165) is 32.4 Å². The van der Waals surface area contributed by atoms with Crippen LogP contribution < -0.4 is 5.73 Å². The average Bonchev–Trinajstić information content (AvgIpc) is 2.18. The van der Waals surface area contributed by atoms with E-state index >= 15 is 0 Å². The van der Waals surface area contributed by atoms with Gasteiger partial charge in [-0.2, -0.15) is 0 Å². The molecule has 0 spiro atoms. The standard InChI is InChI=1S/C10H20N2O2/c1-9(11)5-8-14-10(13)12-6-3-2-4-7-12/h9H,2-8,11H2,1H3. The minimum Gasteiger partial charge on any atom is -0.449 e. The Bertz CT molecular complexity index is 177. The second kappa shape index (κ2) is 5.86. The molecule has 4 heteroatoms. The van der Waals surface area contributed by atoms with E-state index in [2.05, 4.69) is 0 Å². The maximum Gasteiger partial charge on any atom is 0.409 e. The second-order valence-electron chi connectivity index (χ2n) is 3.93. The Morgan fingerprint density at radius 1 is 1.43 bits per heavy atom. The molecule has 0 aromatic heterocycles. The third-order valence-corrected chi connectivity index (χ3v) is 2.41. The first-order valence-electron chi connectivity index (χ1n) is 5.37. The number of hydrogen-bond acceptors (Lipinski definition) is 3. The summed E-state index contributed by atoms with van der Waals surface area (Å²) >= 11 is 0. The Hall–Kier alpha value is -0.770. The van der Waals surface area contributed by atoms with Crippen molar-refractivity contribution in [3.8, 4) is 0 Å². The molecule has 1 aliphatic rings. The highest BCUT2D eigenvalue weighted by atomic mass is 16.6. The molecular weight excluding hydrogens is 180 g/mol. The lowest BCUT2D eigenvalue weighted by Crippen LogP contribution is -2.36. The second-order valence-corrected chi connectivity index (χ2v) is 3.93. The number of carbonyl (C=O) groups excluding carboxylic acids is 1. The molecule has 4 nitrogen and oxygen atoms in total. The largest absolute Gasteiger partial charge is 0.449 e. The minimum absolute atomic E-state index is 0.101. The summed E-state index contributed by atoms with van der Waals surface area (Å²) in [5, 5.41) is 0. The molecule has 1 saturated heterocycles. The summed E-state index contributed by atoms with van der Waals surface area (Å²) in [4.78, 5) is 13.2. The number of ether oxygens (including phenoxy) is 1. The fraction of sp³-hybridized carbons (Fsp3) is 0.900. The molecular formula is C10H20N2O2. The summed E-state index contributed by atoms with van der Waals surface area (Å²) in [7, 11) is 0. The Morgan fingerprint density at radius 3 is 2.64 bits per heavy atom. The van der Waals surface area contributed by atoms with Crippen molar-refractivity contribution in [1.29, 1.82) is 0 Å². The average molecular weight is 200 g/mol. The normalized spacial score (nSPS) is 19.1. The molecule has 0 saturated carbocycles. The molecule has 0 aliphatic carbocycles. The quantitative estimate of drug-likeness (QED) is 0.748. The maximum atomic E-state index is 11.4. The van der Waals surface area contributed by atoms with Crippen LogP contribution in [0.2, 0.25) is 0 Å². The molecule has 1 amide bonds. The van der Waals surface area contributed by atoms with Crippen LogP contribution in [-0.2, 0) is 4.74 Å². The fourth-order valence-electron chi connectivity index (χ4n) is 1.50. The molecule has 0 bridgehead atoms. The van der Waals surface area contributed by atoms with Crippen LogP contribution in [0.1, 0.15) is 32.6 Å². The molecule has 0 radical (unpaired) electrons. The van der Waals surface area contributed by atoms with Crippen molar-refractivity contribution in [1.82, 2.24) is 4.90 Å². The number of hydrogen-bond donors (Lipinski definition) is 1. The number of piperidine rings is 1. The van der Waals surface area contributed by atoms with Crippen molar-refractivity contribution in [3.63, 3.8) is 0 Å². The van der Waals surface area contributed by atoms with Gasteiger partial charge in [-0.1, -0.05) is 0 Å². The van der Waals surface area contributed by atoms with Gasteiger partial charge in [-0.05, 0) is 32.6 Å².